The quantitative estimate of drug-likeness (QED) is 0.761. The van der Waals surface area contributed by atoms with E-state index in [0.717, 1.165) is 18.5 Å². The predicted octanol–water partition coefficient (Wildman–Crippen LogP) is 2.06. The zero-order chi connectivity index (χ0) is 17.6. The molecule has 1 aliphatic heterocycles. The van der Waals surface area contributed by atoms with Gasteiger partial charge in [0.1, 0.15) is 0 Å². The Morgan fingerprint density at radius 2 is 2.24 bits per heavy atom. The predicted molar refractivity (Wildman–Crippen MR) is 91.3 cm³/mol. The molecule has 1 fully saturated rings. The number of hydrogen-bond donors (Lipinski definition) is 1. The van der Waals surface area contributed by atoms with Crippen LogP contribution in [0, 0.1) is 0 Å². The third kappa shape index (κ3) is 4.79. The molecule has 0 radical (unpaired) electrons. The summed E-state index contributed by atoms with van der Waals surface area (Å²) < 4.78 is 5.39. The highest BCUT2D eigenvalue weighted by atomic mass is 35.5. The van der Waals surface area contributed by atoms with Gasteiger partial charge in [0.25, 0.3) is 0 Å². The van der Waals surface area contributed by atoms with Crippen LogP contribution >= 0.6 is 11.6 Å². The molecule has 1 aliphatic rings. The van der Waals surface area contributed by atoms with Gasteiger partial charge in [-0.25, -0.2) is 0 Å². The number of hydrogen-bond acceptors (Lipinski definition) is 5. The second kappa shape index (κ2) is 8.11. The number of nitrogens with one attached hydrogen (secondary N) is 1. The minimum atomic E-state index is -0.405. The second-order valence-electron chi connectivity index (χ2n) is 5.90. The van der Waals surface area contributed by atoms with Crippen molar-refractivity contribution in [1.82, 2.24) is 20.4 Å². The summed E-state index contributed by atoms with van der Waals surface area (Å²) in [5.74, 6) is 0.0795. The summed E-state index contributed by atoms with van der Waals surface area (Å²) in [6.07, 6.45) is 2.66. The maximum atomic E-state index is 12.0. The number of halogens is 1. The molecule has 2 amide bonds. The number of carbonyl (C=O) groups is 2. The molecular weight excluding hydrogens is 344 g/mol. The fourth-order valence-corrected chi connectivity index (χ4v) is 2.94. The average molecular weight is 363 g/mol. The number of carbonyl (C=O) groups excluding carboxylic acids is 2. The minimum Gasteiger partial charge on any atom is -0.417 e. The van der Waals surface area contributed by atoms with E-state index in [1.165, 1.54) is 0 Å². The van der Waals surface area contributed by atoms with Crippen LogP contribution in [0.25, 0.3) is 0 Å². The van der Waals surface area contributed by atoms with Crippen LogP contribution in [0.15, 0.2) is 28.7 Å². The van der Waals surface area contributed by atoms with Crippen LogP contribution in [0.3, 0.4) is 0 Å². The molecule has 7 nitrogen and oxygen atoms in total. The van der Waals surface area contributed by atoms with Crippen LogP contribution in [-0.2, 0) is 11.2 Å². The molecule has 0 spiro atoms. The lowest BCUT2D eigenvalue weighted by Gasteiger charge is -2.14. The van der Waals surface area contributed by atoms with E-state index in [9.17, 15) is 9.59 Å². The van der Waals surface area contributed by atoms with E-state index in [1.807, 2.05) is 23.1 Å². The van der Waals surface area contributed by atoms with Gasteiger partial charge in [-0.2, -0.15) is 0 Å². The fourth-order valence-electron chi connectivity index (χ4n) is 2.73. The van der Waals surface area contributed by atoms with Crippen LogP contribution in [-0.4, -0.2) is 46.5 Å². The van der Waals surface area contributed by atoms with Crippen molar-refractivity contribution in [3.8, 4) is 0 Å². The summed E-state index contributed by atoms with van der Waals surface area (Å²) in [5.41, 5.74) is 0.929. The van der Waals surface area contributed by atoms with Crippen molar-refractivity contribution in [2.75, 3.05) is 19.6 Å². The number of likely N-dealkylation sites (tertiary alicyclic amines) is 1. The van der Waals surface area contributed by atoms with E-state index in [-0.39, 0.29) is 11.8 Å². The number of aromatic nitrogens is 2. The minimum absolute atomic E-state index is 0.0609. The molecule has 0 bridgehead atoms. The Kier molecular flexibility index (Phi) is 5.65. The van der Waals surface area contributed by atoms with Gasteiger partial charge in [0.15, 0.2) is 0 Å². The van der Waals surface area contributed by atoms with Crippen LogP contribution in [0.5, 0.6) is 0 Å². The Morgan fingerprint density at radius 1 is 1.36 bits per heavy atom. The van der Waals surface area contributed by atoms with Gasteiger partial charge in [0.05, 0.1) is 6.42 Å². The molecule has 3 rings (SSSR count). The Balaban J connectivity index is 1.45. The summed E-state index contributed by atoms with van der Waals surface area (Å²) >= 11 is 5.94. The van der Waals surface area contributed by atoms with E-state index in [4.69, 9.17) is 16.0 Å². The van der Waals surface area contributed by atoms with E-state index >= 15 is 0 Å². The zero-order valence-electron chi connectivity index (χ0n) is 13.7. The van der Waals surface area contributed by atoms with Gasteiger partial charge in [0.2, 0.25) is 11.8 Å². The van der Waals surface area contributed by atoms with Crippen molar-refractivity contribution in [2.45, 2.75) is 25.7 Å². The molecule has 0 aliphatic carbocycles. The average Bonchev–Trinajstić information content (AvgIpc) is 3.21. The summed E-state index contributed by atoms with van der Waals surface area (Å²) in [5, 5.41) is 11.0. The smallest absolute Gasteiger partial charge is 0.308 e. The molecule has 1 aromatic heterocycles. The molecule has 1 N–H and O–H groups in total. The van der Waals surface area contributed by atoms with E-state index in [1.54, 1.807) is 6.07 Å². The topological polar surface area (TPSA) is 88.3 Å². The highest BCUT2D eigenvalue weighted by Gasteiger charge is 2.19. The lowest BCUT2D eigenvalue weighted by atomic mass is 10.1. The Morgan fingerprint density at radius 3 is 3.00 bits per heavy atom. The molecule has 25 heavy (non-hydrogen) atoms. The van der Waals surface area contributed by atoms with Crippen molar-refractivity contribution < 1.29 is 14.0 Å². The molecule has 0 atom stereocenters. The van der Waals surface area contributed by atoms with Gasteiger partial charge in [0, 0.05) is 31.1 Å². The number of amides is 2. The molecule has 2 heterocycles. The maximum Gasteiger partial charge on any atom is 0.308 e. The molecule has 8 heteroatoms. The molecule has 0 unspecified atom stereocenters. The van der Waals surface area contributed by atoms with E-state index < -0.39 is 5.91 Å². The Bertz CT molecular complexity index is 762. The monoisotopic (exact) mass is 362 g/mol. The molecule has 1 saturated heterocycles. The van der Waals surface area contributed by atoms with E-state index in [2.05, 4.69) is 15.5 Å². The van der Waals surface area contributed by atoms with Gasteiger partial charge in [-0.1, -0.05) is 23.7 Å². The van der Waals surface area contributed by atoms with Crippen molar-refractivity contribution in [1.29, 1.82) is 0 Å². The van der Waals surface area contributed by atoms with Crippen molar-refractivity contribution in [2.24, 2.45) is 0 Å². The Labute approximate surface area is 150 Å². The second-order valence-corrected chi connectivity index (χ2v) is 6.34. The van der Waals surface area contributed by atoms with Crippen molar-refractivity contribution in [3.05, 3.63) is 46.6 Å². The van der Waals surface area contributed by atoms with Gasteiger partial charge in [-0.15, -0.1) is 10.2 Å². The first-order valence-electron chi connectivity index (χ1n) is 8.24. The SMILES string of the molecule is O=C(NCCCN1CCCC1=O)c1nnc(Cc2cccc(Cl)c2)o1. The largest absolute Gasteiger partial charge is 0.417 e. The molecule has 0 saturated carbocycles. The third-order valence-corrected chi connectivity index (χ3v) is 4.20. The highest BCUT2D eigenvalue weighted by Crippen LogP contribution is 2.14. The van der Waals surface area contributed by atoms with Crippen LogP contribution < -0.4 is 5.32 Å². The first kappa shape index (κ1) is 17.4. The Hall–Kier alpha value is -2.41. The highest BCUT2D eigenvalue weighted by molar-refractivity contribution is 6.30. The lowest BCUT2D eigenvalue weighted by molar-refractivity contribution is -0.127. The number of rotatable bonds is 7. The fraction of sp³-hybridized carbons (Fsp3) is 0.412. The van der Waals surface area contributed by atoms with Gasteiger partial charge < -0.3 is 14.6 Å². The maximum absolute atomic E-state index is 12.0. The van der Waals surface area contributed by atoms with Crippen molar-refractivity contribution in [3.63, 3.8) is 0 Å². The molecular formula is C17H19ClN4O3. The number of nitrogens with zero attached hydrogens (tertiary/aromatic N) is 3. The van der Waals surface area contributed by atoms with Crippen LogP contribution in [0.2, 0.25) is 5.02 Å². The zero-order valence-corrected chi connectivity index (χ0v) is 14.5. The van der Waals surface area contributed by atoms with Gasteiger partial charge in [-0.3, -0.25) is 9.59 Å². The molecule has 2 aromatic rings. The molecule has 1 aromatic carbocycles. The summed E-state index contributed by atoms with van der Waals surface area (Å²) in [6.45, 7) is 1.92. The summed E-state index contributed by atoms with van der Waals surface area (Å²) in [4.78, 5) is 25.3. The van der Waals surface area contributed by atoms with Crippen LogP contribution in [0.1, 0.15) is 41.4 Å². The molecule has 132 valence electrons. The van der Waals surface area contributed by atoms with Crippen molar-refractivity contribution >= 4 is 23.4 Å². The van der Waals surface area contributed by atoms with Gasteiger partial charge >= 0.3 is 11.8 Å². The van der Waals surface area contributed by atoms with E-state index in [0.29, 0.717) is 43.3 Å². The normalized spacial score (nSPS) is 14.1. The van der Waals surface area contributed by atoms with Crippen LogP contribution in [0.4, 0.5) is 0 Å². The summed E-state index contributed by atoms with van der Waals surface area (Å²) in [7, 11) is 0. The standard InChI is InChI=1S/C17H19ClN4O3/c18-13-5-1-4-12(10-13)11-14-20-21-17(25-14)16(24)19-7-3-9-22-8-2-6-15(22)23/h1,4-5,10H,2-3,6-9,11H2,(H,19,24). The lowest BCUT2D eigenvalue weighted by Crippen LogP contribution is -2.30. The first-order valence-corrected chi connectivity index (χ1v) is 8.62. The van der Waals surface area contributed by atoms with Gasteiger partial charge in [-0.05, 0) is 30.5 Å². The first-order chi connectivity index (χ1) is 12.1. The number of benzene rings is 1. The third-order valence-electron chi connectivity index (χ3n) is 3.97. The summed E-state index contributed by atoms with van der Waals surface area (Å²) in [6, 6.07) is 7.33.